The second-order valence-electron chi connectivity index (χ2n) is 11.2. The molecule has 1 aliphatic rings. The fraction of sp³-hybridized carbons (Fsp3) is 0.105. The van der Waals surface area contributed by atoms with E-state index in [2.05, 4.69) is 98.4 Å². The van der Waals surface area contributed by atoms with Crippen molar-refractivity contribution in [3.05, 3.63) is 142 Å². The Morgan fingerprint density at radius 1 is 0.725 bits per heavy atom. The maximum Gasteiger partial charge on any atom is 0.142 e. The van der Waals surface area contributed by atoms with Gasteiger partial charge >= 0.3 is 0 Å². The van der Waals surface area contributed by atoms with Gasteiger partial charge in [-0.25, -0.2) is 19.9 Å². The van der Waals surface area contributed by atoms with Gasteiger partial charge in [0.1, 0.15) is 46.8 Å². The molecule has 3 aromatic heterocycles. The first-order chi connectivity index (χ1) is 24.8. The number of halogens is 3. The second kappa shape index (κ2) is 16.7. The van der Waals surface area contributed by atoms with Crippen LogP contribution in [0.4, 0.5) is 28.7 Å². The average molecular weight is 829 g/mol. The molecular formula is C38H33Br2ClN8O2. The third kappa shape index (κ3) is 9.14. The number of methoxy groups -OCH3 is 2. The van der Waals surface area contributed by atoms with Gasteiger partial charge < -0.3 is 30.0 Å². The van der Waals surface area contributed by atoms with Crippen molar-refractivity contribution < 1.29 is 9.47 Å². The van der Waals surface area contributed by atoms with E-state index >= 15 is 0 Å². The fourth-order valence-corrected chi connectivity index (χ4v) is 6.18. The minimum atomic E-state index is 0.471. The van der Waals surface area contributed by atoms with Crippen molar-refractivity contribution in [2.24, 2.45) is 0 Å². The lowest BCUT2D eigenvalue weighted by molar-refractivity contribution is 0.415. The molecule has 0 fully saturated rings. The molecule has 0 unspecified atom stereocenters. The maximum atomic E-state index is 5.89. The minimum absolute atomic E-state index is 0.471. The van der Waals surface area contributed by atoms with Crippen molar-refractivity contribution in [2.45, 2.75) is 6.42 Å². The highest BCUT2D eigenvalue weighted by Crippen LogP contribution is 2.35. The van der Waals surface area contributed by atoms with Crippen LogP contribution in [0.15, 0.2) is 131 Å². The van der Waals surface area contributed by atoms with Crippen LogP contribution in [0, 0.1) is 0 Å². The molecule has 51 heavy (non-hydrogen) atoms. The van der Waals surface area contributed by atoms with E-state index in [-0.39, 0.29) is 0 Å². The summed E-state index contributed by atoms with van der Waals surface area (Å²) in [4.78, 5) is 19.0. The molecule has 0 atom stereocenters. The Labute approximate surface area is 317 Å². The van der Waals surface area contributed by atoms with Crippen LogP contribution in [0.2, 0.25) is 5.15 Å². The first kappa shape index (κ1) is 35.6. The molecule has 4 heterocycles. The Hall–Kier alpha value is -5.17. The highest BCUT2D eigenvalue weighted by molar-refractivity contribution is 9.10. The maximum absolute atomic E-state index is 5.89. The standard InChI is InChI=1S/C19H15BrN4O.C12H9BrClN3.C7H9NO/c1-25-16-6-4-15(5-7-16)23-18-11-19(22-12-21-18)24-9-8-13-2-3-14(20)10-17(13)24;13-9-2-1-8-3-4-17(10(8)5-9)12-6-11(14)15-7-16-12;1-9-7-4-2-6(8)3-5-7/h2-12H,1H3,(H,21,22,23);1-2,5-7H,3-4H2;2-5H,8H2,1H3. The van der Waals surface area contributed by atoms with Crippen LogP contribution in [0.1, 0.15) is 5.56 Å². The summed E-state index contributed by atoms with van der Waals surface area (Å²) in [5.41, 5.74) is 10.7. The molecule has 0 bridgehead atoms. The van der Waals surface area contributed by atoms with Gasteiger partial charge in [-0.1, -0.05) is 55.6 Å². The van der Waals surface area contributed by atoms with Crippen molar-refractivity contribution in [2.75, 3.05) is 36.7 Å². The predicted molar refractivity (Wildman–Crippen MR) is 212 cm³/mol. The summed E-state index contributed by atoms with van der Waals surface area (Å²) in [6, 6.07) is 33.3. The molecule has 10 nitrogen and oxygen atoms in total. The largest absolute Gasteiger partial charge is 0.497 e. The first-order valence-corrected chi connectivity index (χ1v) is 17.7. The van der Waals surface area contributed by atoms with E-state index in [0.29, 0.717) is 5.15 Å². The monoisotopic (exact) mass is 826 g/mol. The number of fused-ring (bicyclic) bond motifs is 2. The first-order valence-electron chi connectivity index (χ1n) is 15.7. The number of nitrogens with two attached hydrogens (primary N) is 1. The van der Waals surface area contributed by atoms with E-state index in [1.807, 2.05) is 59.3 Å². The summed E-state index contributed by atoms with van der Waals surface area (Å²) in [5.74, 6) is 4.04. The molecule has 0 radical (unpaired) electrons. The lowest BCUT2D eigenvalue weighted by Gasteiger charge is -2.18. The quantitative estimate of drug-likeness (QED) is 0.125. The average Bonchev–Trinajstić information content (AvgIpc) is 3.77. The molecular weight excluding hydrogens is 796 g/mol. The Kier molecular flexibility index (Phi) is 11.7. The van der Waals surface area contributed by atoms with Gasteiger partial charge in [0.2, 0.25) is 0 Å². The zero-order valence-electron chi connectivity index (χ0n) is 27.7. The second-order valence-corrected chi connectivity index (χ2v) is 13.4. The number of benzene rings is 4. The lowest BCUT2D eigenvalue weighted by Crippen LogP contribution is -2.14. The molecule has 13 heteroatoms. The topological polar surface area (TPSA) is 116 Å². The zero-order chi connectivity index (χ0) is 35.7. The number of rotatable bonds is 6. The van der Waals surface area contributed by atoms with E-state index in [9.17, 15) is 0 Å². The Balaban J connectivity index is 0.000000148. The van der Waals surface area contributed by atoms with Crippen LogP contribution < -0.4 is 25.4 Å². The normalized spacial score (nSPS) is 11.5. The third-order valence-electron chi connectivity index (χ3n) is 7.87. The molecule has 0 saturated heterocycles. The highest BCUT2D eigenvalue weighted by Gasteiger charge is 2.21. The fourth-order valence-electron chi connectivity index (χ4n) is 5.34. The Bertz CT molecular complexity index is 2230. The number of nitrogen functional groups attached to an aromatic ring is 1. The molecule has 0 spiro atoms. The molecule has 0 amide bonds. The van der Waals surface area contributed by atoms with Crippen LogP contribution in [0.25, 0.3) is 16.7 Å². The van der Waals surface area contributed by atoms with E-state index in [0.717, 1.165) is 73.1 Å². The van der Waals surface area contributed by atoms with E-state index in [1.165, 1.54) is 17.6 Å². The van der Waals surface area contributed by atoms with Gasteiger partial charge in [-0.2, -0.15) is 0 Å². The summed E-state index contributed by atoms with van der Waals surface area (Å²) in [7, 11) is 3.28. The number of ether oxygens (including phenoxy) is 2. The Morgan fingerprint density at radius 3 is 2.12 bits per heavy atom. The van der Waals surface area contributed by atoms with Gasteiger partial charge in [0.15, 0.2) is 0 Å². The van der Waals surface area contributed by atoms with Crippen molar-refractivity contribution in [3.8, 4) is 17.3 Å². The van der Waals surface area contributed by atoms with E-state index < -0.39 is 0 Å². The van der Waals surface area contributed by atoms with Gasteiger partial charge in [-0.15, -0.1) is 0 Å². The van der Waals surface area contributed by atoms with Crippen molar-refractivity contribution in [3.63, 3.8) is 0 Å². The number of hydrogen-bond acceptors (Lipinski definition) is 9. The number of aromatic nitrogens is 5. The molecule has 7 aromatic rings. The smallest absolute Gasteiger partial charge is 0.142 e. The Morgan fingerprint density at radius 2 is 1.39 bits per heavy atom. The minimum Gasteiger partial charge on any atom is -0.497 e. The molecule has 1 aliphatic heterocycles. The molecule has 4 aromatic carbocycles. The summed E-state index contributed by atoms with van der Waals surface area (Å²) < 4.78 is 14.2. The third-order valence-corrected chi connectivity index (χ3v) is 9.06. The van der Waals surface area contributed by atoms with Crippen molar-refractivity contribution in [1.29, 1.82) is 0 Å². The molecule has 3 N–H and O–H groups in total. The zero-order valence-corrected chi connectivity index (χ0v) is 31.6. The molecule has 258 valence electrons. The number of anilines is 5. The summed E-state index contributed by atoms with van der Waals surface area (Å²) >= 11 is 12.9. The number of nitrogens with one attached hydrogen (secondary N) is 1. The van der Waals surface area contributed by atoms with Crippen LogP contribution in [0.3, 0.4) is 0 Å². The number of hydrogen-bond donors (Lipinski definition) is 2. The van der Waals surface area contributed by atoms with Gasteiger partial charge in [0.05, 0.1) is 19.7 Å². The van der Waals surface area contributed by atoms with Crippen LogP contribution >= 0.6 is 43.5 Å². The van der Waals surface area contributed by atoms with Gasteiger partial charge in [0.25, 0.3) is 0 Å². The molecule has 0 aliphatic carbocycles. The molecule has 8 rings (SSSR count). The van der Waals surface area contributed by atoms with E-state index in [4.69, 9.17) is 26.8 Å². The molecule has 0 saturated carbocycles. The summed E-state index contributed by atoms with van der Waals surface area (Å²) in [6.07, 6.45) is 6.10. The van der Waals surface area contributed by atoms with E-state index in [1.54, 1.807) is 38.7 Å². The van der Waals surface area contributed by atoms with Gasteiger partial charge in [-0.3, -0.25) is 0 Å². The van der Waals surface area contributed by atoms with Crippen LogP contribution in [0.5, 0.6) is 11.5 Å². The van der Waals surface area contributed by atoms with Crippen LogP contribution in [-0.4, -0.2) is 45.3 Å². The number of nitrogens with zero attached hydrogens (tertiary/aromatic N) is 6. The van der Waals surface area contributed by atoms with Crippen molar-refractivity contribution >= 4 is 83.1 Å². The SMILES string of the molecule is COc1ccc(N)cc1.COc1ccc(Nc2cc(-n3ccc4ccc(Br)cc43)ncn2)cc1.Clc1cc(N2CCc3ccc(Br)cc32)ncn1. The van der Waals surface area contributed by atoms with Crippen molar-refractivity contribution in [1.82, 2.24) is 24.5 Å². The highest BCUT2D eigenvalue weighted by atomic mass is 79.9. The summed E-state index contributed by atoms with van der Waals surface area (Å²) in [5, 5.41) is 4.92. The van der Waals surface area contributed by atoms with Crippen LogP contribution in [-0.2, 0) is 6.42 Å². The van der Waals surface area contributed by atoms with Gasteiger partial charge in [-0.05, 0) is 90.8 Å². The van der Waals surface area contributed by atoms with Gasteiger partial charge in [0, 0.05) is 56.3 Å². The predicted octanol–water partition coefficient (Wildman–Crippen LogP) is 9.80. The summed E-state index contributed by atoms with van der Waals surface area (Å²) in [6.45, 7) is 0.930. The lowest BCUT2D eigenvalue weighted by atomic mass is 10.2.